The van der Waals surface area contributed by atoms with Crippen LogP contribution in [0.3, 0.4) is 0 Å². The molecule has 0 bridgehead atoms. The van der Waals surface area contributed by atoms with Crippen LogP contribution in [0.5, 0.6) is 0 Å². The monoisotopic (exact) mass is 489 g/mol. The second kappa shape index (κ2) is 10.5. The Labute approximate surface area is 209 Å². The number of aromatic nitrogens is 3. The number of carbonyl (C=O) groups is 2. The highest BCUT2D eigenvalue weighted by Crippen LogP contribution is 2.25. The zero-order chi connectivity index (χ0) is 25.1. The largest absolute Gasteiger partial charge is 0.460 e. The quantitative estimate of drug-likeness (QED) is 0.355. The number of nitrogens with zero attached hydrogens (tertiary/aromatic N) is 4. The Morgan fingerprint density at radius 3 is 2.75 bits per heavy atom. The Hall–Kier alpha value is -3.72. The van der Waals surface area contributed by atoms with Crippen LogP contribution in [0.4, 0.5) is 0 Å². The zero-order valence-electron chi connectivity index (χ0n) is 20.6. The van der Waals surface area contributed by atoms with Gasteiger partial charge in [-0.3, -0.25) is 9.69 Å². The van der Waals surface area contributed by atoms with E-state index in [1.54, 1.807) is 12.1 Å². The molecule has 4 aromatic rings. The standard InChI is InChI=1S/C27H31N5O4/c1-18(2)15-22(28-27(34)24-8-7-20(35-24)10-14-33)26-30-29-25-9-11-31(12-13-32(25)26)17-21-16-19-5-3-4-6-23(19)36-21/h3-8,14,16,18,22H,9-13,15,17H2,1-2H3,(H,28,34). The number of carbonyl (C=O) groups excluding carboxylic acids is 2. The fraction of sp³-hybridized carbons (Fsp3) is 0.407. The molecule has 0 aliphatic carbocycles. The molecule has 0 saturated heterocycles. The summed E-state index contributed by atoms with van der Waals surface area (Å²) in [6.45, 7) is 7.36. The van der Waals surface area contributed by atoms with E-state index >= 15 is 0 Å². The molecular weight excluding hydrogens is 458 g/mol. The van der Waals surface area contributed by atoms with Crippen molar-refractivity contribution in [3.8, 4) is 0 Å². The van der Waals surface area contributed by atoms with Crippen LogP contribution in [0.1, 0.15) is 60.0 Å². The van der Waals surface area contributed by atoms with Crippen LogP contribution in [0, 0.1) is 5.92 Å². The summed E-state index contributed by atoms with van der Waals surface area (Å²) in [5.74, 6) is 3.30. The van der Waals surface area contributed by atoms with E-state index in [-0.39, 0.29) is 24.1 Å². The Morgan fingerprint density at radius 2 is 1.94 bits per heavy atom. The lowest BCUT2D eigenvalue weighted by atomic mass is 10.0. The van der Waals surface area contributed by atoms with Crippen LogP contribution in [-0.4, -0.2) is 44.9 Å². The molecule has 1 N–H and O–H groups in total. The SMILES string of the molecule is CC(C)CC(NC(=O)c1ccc(CC=O)o1)c1nnc2n1CCN(Cc1cc3ccccc3o1)CC2. The maximum absolute atomic E-state index is 12.9. The predicted molar refractivity (Wildman–Crippen MR) is 133 cm³/mol. The van der Waals surface area contributed by atoms with Gasteiger partial charge >= 0.3 is 0 Å². The van der Waals surface area contributed by atoms with Gasteiger partial charge in [-0.2, -0.15) is 0 Å². The number of fused-ring (bicyclic) bond motifs is 2. The molecule has 36 heavy (non-hydrogen) atoms. The van der Waals surface area contributed by atoms with Gasteiger partial charge in [-0.15, -0.1) is 10.2 Å². The summed E-state index contributed by atoms with van der Waals surface area (Å²) in [4.78, 5) is 26.1. The topological polar surface area (TPSA) is 106 Å². The molecule has 0 saturated carbocycles. The molecule has 1 amide bonds. The number of furan rings is 2. The van der Waals surface area contributed by atoms with Gasteiger partial charge in [0, 0.05) is 31.4 Å². The summed E-state index contributed by atoms with van der Waals surface area (Å²) in [6, 6.07) is 13.1. The fourth-order valence-electron chi connectivity index (χ4n) is 4.76. The van der Waals surface area contributed by atoms with Gasteiger partial charge in [0.1, 0.15) is 29.2 Å². The van der Waals surface area contributed by atoms with Gasteiger partial charge in [0.2, 0.25) is 0 Å². The first kappa shape index (κ1) is 24.0. The van der Waals surface area contributed by atoms with E-state index in [1.165, 1.54) is 0 Å². The average molecular weight is 490 g/mol. The number of nitrogens with one attached hydrogen (secondary N) is 1. The molecule has 0 radical (unpaired) electrons. The molecule has 0 spiro atoms. The van der Waals surface area contributed by atoms with E-state index in [1.807, 2.05) is 18.2 Å². The highest BCUT2D eigenvalue weighted by Gasteiger charge is 2.27. The Kier molecular flexibility index (Phi) is 6.99. The molecular formula is C27H31N5O4. The van der Waals surface area contributed by atoms with Crippen LogP contribution in [0.15, 0.2) is 51.3 Å². The molecule has 1 aliphatic heterocycles. The minimum atomic E-state index is -0.324. The smallest absolute Gasteiger partial charge is 0.287 e. The van der Waals surface area contributed by atoms with Crippen molar-refractivity contribution in [1.82, 2.24) is 25.0 Å². The number of para-hydroxylation sites is 1. The summed E-state index contributed by atoms with van der Waals surface area (Å²) in [5.41, 5.74) is 0.906. The molecule has 1 unspecified atom stereocenters. The third kappa shape index (κ3) is 5.26. The molecule has 1 atom stereocenters. The van der Waals surface area contributed by atoms with Crippen LogP contribution in [0.2, 0.25) is 0 Å². The van der Waals surface area contributed by atoms with Crippen molar-refractivity contribution in [2.45, 2.75) is 52.2 Å². The van der Waals surface area contributed by atoms with Gasteiger partial charge in [0.25, 0.3) is 5.91 Å². The normalized spacial score (nSPS) is 15.1. The first-order valence-corrected chi connectivity index (χ1v) is 12.4. The molecule has 9 nitrogen and oxygen atoms in total. The molecule has 4 heterocycles. The van der Waals surface area contributed by atoms with Gasteiger partial charge in [-0.1, -0.05) is 32.0 Å². The molecule has 1 aromatic carbocycles. The first-order chi connectivity index (χ1) is 17.5. The number of rotatable bonds is 9. The molecule has 5 rings (SSSR count). The highest BCUT2D eigenvalue weighted by molar-refractivity contribution is 5.91. The number of benzene rings is 1. The Balaban J connectivity index is 1.30. The van der Waals surface area contributed by atoms with Crippen LogP contribution < -0.4 is 5.32 Å². The number of hydrogen-bond donors (Lipinski definition) is 1. The molecule has 1 aliphatic rings. The minimum absolute atomic E-state index is 0.144. The van der Waals surface area contributed by atoms with Crippen LogP contribution >= 0.6 is 0 Å². The Morgan fingerprint density at radius 1 is 1.08 bits per heavy atom. The first-order valence-electron chi connectivity index (χ1n) is 12.4. The van der Waals surface area contributed by atoms with Gasteiger partial charge in [-0.05, 0) is 36.6 Å². The van der Waals surface area contributed by atoms with Crippen molar-refractivity contribution in [3.05, 3.63) is 71.4 Å². The van der Waals surface area contributed by atoms with Crippen molar-refractivity contribution >= 4 is 23.2 Å². The third-order valence-electron chi connectivity index (χ3n) is 6.50. The molecule has 188 valence electrons. The minimum Gasteiger partial charge on any atom is -0.460 e. The van der Waals surface area contributed by atoms with Crippen LogP contribution in [0.25, 0.3) is 11.0 Å². The van der Waals surface area contributed by atoms with E-state index < -0.39 is 0 Å². The summed E-state index contributed by atoms with van der Waals surface area (Å²) in [5, 5.41) is 13.2. The molecule has 9 heteroatoms. The van der Waals surface area contributed by atoms with Crippen LogP contribution in [-0.2, 0) is 30.7 Å². The predicted octanol–water partition coefficient (Wildman–Crippen LogP) is 3.93. The van der Waals surface area contributed by atoms with E-state index in [9.17, 15) is 9.59 Å². The maximum Gasteiger partial charge on any atom is 0.287 e. The molecule has 3 aromatic heterocycles. The van der Waals surface area contributed by atoms with Crippen molar-refractivity contribution in [2.24, 2.45) is 5.92 Å². The van der Waals surface area contributed by atoms with Crippen molar-refractivity contribution in [3.63, 3.8) is 0 Å². The number of aldehydes is 1. The fourth-order valence-corrected chi connectivity index (χ4v) is 4.76. The summed E-state index contributed by atoms with van der Waals surface area (Å²) in [7, 11) is 0. The van der Waals surface area contributed by atoms with Gasteiger partial charge < -0.3 is 23.5 Å². The highest BCUT2D eigenvalue weighted by atomic mass is 16.4. The van der Waals surface area contributed by atoms with E-state index in [2.05, 4.69) is 51.0 Å². The van der Waals surface area contributed by atoms with Crippen molar-refractivity contribution < 1.29 is 18.4 Å². The lowest BCUT2D eigenvalue weighted by Crippen LogP contribution is -2.32. The zero-order valence-corrected chi connectivity index (χ0v) is 20.6. The number of amides is 1. The third-order valence-corrected chi connectivity index (χ3v) is 6.50. The lowest BCUT2D eigenvalue weighted by molar-refractivity contribution is -0.107. The summed E-state index contributed by atoms with van der Waals surface area (Å²) >= 11 is 0. The second-order valence-electron chi connectivity index (χ2n) is 9.70. The van der Waals surface area contributed by atoms with E-state index in [4.69, 9.17) is 8.83 Å². The van der Waals surface area contributed by atoms with Gasteiger partial charge in [0.05, 0.1) is 19.0 Å². The van der Waals surface area contributed by atoms with Crippen molar-refractivity contribution in [1.29, 1.82) is 0 Å². The molecule has 0 fully saturated rings. The van der Waals surface area contributed by atoms with Gasteiger partial charge in [0.15, 0.2) is 11.6 Å². The van der Waals surface area contributed by atoms with Gasteiger partial charge in [-0.25, -0.2) is 0 Å². The second-order valence-corrected chi connectivity index (χ2v) is 9.70. The average Bonchev–Trinajstić information content (AvgIpc) is 3.55. The van der Waals surface area contributed by atoms with E-state index in [0.29, 0.717) is 18.1 Å². The lowest BCUT2D eigenvalue weighted by Gasteiger charge is -2.21. The Bertz CT molecular complexity index is 1320. The number of hydrogen-bond acceptors (Lipinski definition) is 7. The van der Waals surface area contributed by atoms with E-state index in [0.717, 1.165) is 67.3 Å². The summed E-state index contributed by atoms with van der Waals surface area (Å²) < 4.78 is 13.7. The summed E-state index contributed by atoms with van der Waals surface area (Å²) in [6.07, 6.45) is 2.38. The maximum atomic E-state index is 12.9. The van der Waals surface area contributed by atoms with Crippen molar-refractivity contribution in [2.75, 3.05) is 13.1 Å².